The molecule has 9 heteroatoms. The lowest BCUT2D eigenvalue weighted by molar-refractivity contribution is -0.149. The quantitative estimate of drug-likeness (QED) is 0.610. The van der Waals surface area contributed by atoms with Crippen molar-refractivity contribution in [3.63, 3.8) is 0 Å². The van der Waals surface area contributed by atoms with Crippen LogP contribution in [0.2, 0.25) is 0 Å². The number of hydrogen-bond donors (Lipinski definition) is 2. The van der Waals surface area contributed by atoms with Crippen molar-refractivity contribution in [3.05, 3.63) is 59.7 Å². The molecule has 4 rings (SSSR count). The normalized spacial score (nSPS) is 19.2. The van der Waals surface area contributed by atoms with Crippen molar-refractivity contribution < 1.29 is 33.0 Å². The number of nitrogens with one attached hydrogen (secondary N) is 1. The average Bonchev–Trinajstić information content (AvgIpc) is 3.31. The maximum atomic E-state index is 13.9. The summed E-state index contributed by atoms with van der Waals surface area (Å²) in [6, 6.07) is 12.9. The number of fused-ring (bicyclic) bond motifs is 3. The van der Waals surface area contributed by atoms with Crippen LogP contribution in [0.25, 0.3) is 11.1 Å². The van der Waals surface area contributed by atoms with Crippen LogP contribution in [0, 0.1) is 5.92 Å². The molecule has 0 radical (unpaired) electrons. The number of carboxylic acids is 1. The average molecular weight is 487 g/mol. The van der Waals surface area contributed by atoms with E-state index >= 15 is 0 Å². The fraction of sp³-hybridized carbons (Fsp3) is 0.423. The zero-order valence-electron chi connectivity index (χ0n) is 19.5. The number of rotatable bonds is 7. The number of carboxylic acid groups (broad SMARTS) is 1. The smallest absolute Gasteiger partial charge is 0.407 e. The first kappa shape index (κ1) is 24.6. The lowest BCUT2D eigenvalue weighted by atomic mass is 9.98. The molecule has 1 aliphatic carbocycles. The summed E-state index contributed by atoms with van der Waals surface area (Å²) in [7, 11) is 0. The number of aliphatic carboxylic acids is 1. The van der Waals surface area contributed by atoms with E-state index in [-0.39, 0.29) is 24.9 Å². The summed E-state index contributed by atoms with van der Waals surface area (Å²) in [4.78, 5) is 37.9. The van der Waals surface area contributed by atoms with Gasteiger partial charge in [0.15, 0.2) is 0 Å². The van der Waals surface area contributed by atoms with Crippen LogP contribution in [0.15, 0.2) is 48.5 Å². The van der Waals surface area contributed by atoms with E-state index in [4.69, 9.17) is 4.74 Å². The summed E-state index contributed by atoms with van der Waals surface area (Å²) >= 11 is 0. The van der Waals surface area contributed by atoms with Gasteiger partial charge in [0.1, 0.15) is 18.7 Å². The Kier molecular flexibility index (Phi) is 6.78. The molecule has 1 fully saturated rings. The van der Waals surface area contributed by atoms with Crippen molar-refractivity contribution in [2.24, 2.45) is 5.92 Å². The maximum absolute atomic E-state index is 13.9. The molecule has 1 aliphatic heterocycles. The van der Waals surface area contributed by atoms with Crippen LogP contribution in [-0.2, 0) is 14.3 Å². The summed E-state index contributed by atoms with van der Waals surface area (Å²) in [6.07, 6.45) is -1.66. The number of alkyl halides is 2. The zero-order valence-corrected chi connectivity index (χ0v) is 19.5. The van der Waals surface area contributed by atoms with Gasteiger partial charge in [-0.15, -0.1) is 0 Å². The Morgan fingerprint density at radius 1 is 1.09 bits per heavy atom. The molecule has 2 atom stereocenters. The molecule has 2 amide bonds. The summed E-state index contributed by atoms with van der Waals surface area (Å²) < 4.78 is 33.3. The Hall–Kier alpha value is -3.49. The number of alkyl carbamates (subject to hydrolysis) is 1. The van der Waals surface area contributed by atoms with Crippen LogP contribution in [-0.4, -0.2) is 59.1 Å². The van der Waals surface area contributed by atoms with Gasteiger partial charge >= 0.3 is 12.1 Å². The second kappa shape index (κ2) is 9.64. The second-order valence-electron chi connectivity index (χ2n) is 9.53. The van der Waals surface area contributed by atoms with Crippen LogP contribution in [0.4, 0.5) is 13.6 Å². The fourth-order valence-electron chi connectivity index (χ4n) is 4.94. The summed E-state index contributed by atoms with van der Waals surface area (Å²) in [5.41, 5.74) is 4.19. The first-order valence-corrected chi connectivity index (χ1v) is 11.6. The number of carbonyl (C=O) groups excluding carboxylic acids is 2. The second-order valence-corrected chi connectivity index (χ2v) is 9.53. The van der Waals surface area contributed by atoms with E-state index in [2.05, 4.69) is 5.32 Å². The molecule has 0 unspecified atom stereocenters. The number of amides is 2. The van der Waals surface area contributed by atoms with Crippen molar-refractivity contribution in [1.82, 2.24) is 10.2 Å². The molecule has 2 aliphatic rings. The molecule has 7 nitrogen and oxygen atoms in total. The van der Waals surface area contributed by atoms with E-state index in [1.54, 1.807) is 0 Å². The van der Waals surface area contributed by atoms with Gasteiger partial charge in [0, 0.05) is 12.3 Å². The Balaban J connectivity index is 1.46. The van der Waals surface area contributed by atoms with Crippen molar-refractivity contribution in [2.75, 3.05) is 13.2 Å². The van der Waals surface area contributed by atoms with Crippen molar-refractivity contribution >= 4 is 18.0 Å². The SMILES string of the molecule is CC(C)C[C@@H](NC(=O)OCC1c2ccccc2-c2ccccc21)C(=O)N1CC(F)(F)C[C@@H]1C(=O)O. The van der Waals surface area contributed by atoms with E-state index in [0.29, 0.717) is 4.90 Å². The lowest BCUT2D eigenvalue weighted by Gasteiger charge is -2.27. The number of nitrogens with zero attached hydrogens (tertiary/aromatic N) is 1. The summed E-state index contributed by atoms with van der Waals surface area (Å²) in [5, 5.41) is 11.8. The van der Waals surface area contributed by atoms with Crippen molar-refractivity contribution in [2.45, 2.75) is 50.6 Å². The predicted octanol–water partition coefficient (Wildman–Crippen LogP) is 4.26. The fourth-order valence-corrected chi connectivity index (χ4v) is 4.94. The van der Waals surface area contributed by atoms with Crippen LogP contribution >= 0.6 is 0 Å². The van der Waals surface area contributed by atoms with Crippen LogP contribution in [0.1, 0.15) is 43.7 Å². The zero-order chi connectivity index (χ0) is 25.3. The third-order valence-corrected chi connectivity index (χ3v) is 6.48. The highest BCUT2D eigenvalue weighted by Gasteiger charge is 2.51. The van der Waals surface area contributed by atoms with Crippen LogP contribution < -0.4 is 5.32 Å². The Labute approximate surface area is 202 Å². The number of likely N-dealkylation sites (tertiary alicyclic amines) is 1. The van der Waals surface area contributed by atoms with Gasteiger partial charge in [-0.2, -0.15) is 0 Å². The third-order valence-electron chi connectivity index (χ3n) is 6.48. The Bertz CT molecular complexity index is 1090. The molecule has 2 N–H and O–H groups in total. The van der Waals surface area contributed by atoms with Gasteiger partial charge < -0.3 is 20.1 Å². The van der Waals surface area contributed by atoms with Gasteiger partial charge in [-0.25, -0.2) is 18.4 Å². The van der Waals surface area contributed by atoms with Crippen LogP contribution in [0.3, 0.4) is 0 Å². The summed E-state index contributed by atoms with van der Waals surface area (Å²) in [6.45, 7) is 2.66. The summed E-state index contributed by atoms with van der Waals surface area (Å²) in [5.74, 6) is -5.90. The number of ether oxygens (including phenoxy) is 1. The number of hydrogen-bond acceptors (Lipinski definition) is 4. The first-order chi connectivity index (χ1) is 16.6. The number of carbonyl (C=O) groups is 3. The highest BCUT2D eigenvalue weighted by molar-refractivity contribution is 5.90. The molecule has 1 saturated heterocycles. The minimum absolute atomic E-state index is 0.0297. The molecule has 0 aromatic heterocycles. The van der Waals surface area contributed by atoms with Gasteiger partial charge in [0.05, 0.1) is 6.54 Å². The Morgan fingerprint density at radius 3 is 2.20 bits per heavy atom. The highest BCUT2D eigenvalue weighted by atomic mass is 19.3. The predicted molar refractivity (Wildman–Crippen MR) is 124 cm³/mol. The minimum atomic E-state index is -3.30. The molecule has 0 spiro atoms. The van der Waals surface area contributed by atoms with Gasteiger partial charge in [0.2, 0.25) is 5.91 Å². The molecule has 0 bridgehead atoms. The molecule has 0 saturated carbocycles. The van der Waals surface area contributed by atoms with E-state index < -0.39 is 48.9 Å². The minimum Gasteiger partial charge on any atom is -0.480 e. The van der Waals surface area contributed by atoms with E-state index in [0.717, 1.165) is 22.3 Å². The third kappa shape index (κ3) is 5.13. The molecule has 1 heterocycles. The molecular weight excluding hydrogens is 458 g/mol. The van der Waals surface area contributed by atoms with Crippen molar-refractivity contribution in [3.8, 4) is 11.1 Å². The van der Waals surface area contributed by atoms with Crippen LogP contribution in [0.5, 0.6) is 0 Å². The van der Waals surface area contributed by atoms with E-state index in [1.807, 2.05) is 62.4 Å². The monoisotopic (exact) mass is 486 g/mol. The molecule has 2 aromatic rings. The topological polar surface area (TPSA) is 95.9 Å². The standard InChI is InChI=1S/C26H28F2N2O5/c1-15(2)11-21(23(31)30-14-26(27,28)12-22(30)24(32)33)29-25(34)35-13-20-18-9-5-3-7-16(18)17-8-4-6-10-19(17)20/h3-10,15,20-22H,11-14H2,1-2H3,(H,29,34)(H,32,33)/t21-,22-/m1/s1. The Morgan fingerprint density at radius 2 is 1.66 bits per heavy atom. The molecule has 2 aromatic carbocycles. The van der Waals surface area contributed by atoms with E-state index in [1.165, 1.54) is 0 Å². The number of halogens is 2. The van der Waals surface area contributed by atoms with Gasteiger partial charge in [-0.3, -0.25) is 4.79 Å². The molecule has 186 valence electrons. The highest BCUT2D eigenvalue weighted by Crippen LogP contribution is 2.44. The largest absolute Gasteiger partial charge is 0.480 e. The van der Waals surface area contributed by atoms with Gasteiger partial charge in [0.25, 0.3) is 5.92 Å². The van der Waals surface area contributed by atoms with Crippen molar-refractivity contribution in [1.29, 1.82) is 0 Å². The lowest BCUT2D eigenvalue weighted by Crippen LogP contribution is -2.52. The molecule has 35 heavy (non-hydrogen) atoms. The number of benzene rings is 2. The van der Waals surface area contributed by atoms with Gasteiger partial charge in [-0.1, -0.05) is 62.4 Å². The molecular formula is C26H28F2N2O5. The van der Waals surface area contributed by atoms with Gasteiger partial charge in [-0.05, 0) is 34.6 Å². The first-order valence-electron chi connectivity index (χ1n) is 11.6. The maximum Gasteiger partial charge on any atom is 0.407 e. The van der Waals surface area contributed by atoms with E-state index in [9.17, 15) is 28.3 Å².